The zero-order valence-corrected chi connectivity index (χ0v) is 12.9. The van der Waals surface area contributed by atoms with Crippen molar-refractivity contribution < 1.29 is 4.74 Å². The van der Waals surface area contributed by atoms with Crippen LogP contribution in [0.2, 0.25) is 5.02 Å². The van der Waals surface area contributed by atoms with Crippen LogP contribution < -0.4 is 10.1 Å². The Hall–Kier alpha value is -1.67. The van der Waals surface area contributed by atoms with Crippen molar-refractivity contribution in [3.8, 4) is 5.75 Å². The van der Waals surface area contributed by atoms with Gasteiger partial charge in [0, 0.05) is 6.04 Å². The van der Waals surface area contributed by atoms with Crippen molar-refractivity contribution in [3.05, 3.63) is 58.6 Å². The Morgan fingerprint density at radius 3 is 2.45 bits per heavy atom. The maximum Gasteiger partial charge on any atom is 0.118 e. The lowest BCUT2D eigenvalue weighted by Gasteiger charge is -2.18. The second-order valence-electron chi connectivity index (χ2n) is 5.03. The first-order valence-electron chi connectivity index (χ1n) is 6.74. The van der Waals surface area contributed by atoms with Gasteiger partial charge >= 0.3 is 0 Å². The zero-order chi connectivity index (χ0) is 14.5. The molecular formula is C17H20ClNO. The number of para-hydroxylation sites is 1. The van der Waals surface area contributed by atoms with Crippen molar-refractivity contribution >= 4 is 17.3 Å². The summed E-state index contributed by atoms with van der Waals surface area (Å²) < 4.78 is 5.17. The Kier molecular flexibility index (Phi) is 4.91. The molecule has 0 spiro atoms. The zero-order valence-electron chi connectivity index (χ0n) is 12.1. The molecule has 0 aliphatic rings. The maximum atomic E-state index is 6.24. The van der Waals surface area contributed by atoms with Crippen LogP contribution >= 0.6 is 11.6 Å². The lowest BCUT2D eigenvalue weighted by atomic mass is 10.1. The largest absolute Gasteiger partial charge is 0.497 e. The molecule has 2 rings (SSSR count). The number of hydrogen-bond donors (Lipinski definition) is 1. The molecule has 0 saturated heterocycles. The number of halogens is 1. The first kappa shape index (κ1) is 14.7. The lowest BCUT2D eigenvalue weighted by Crippen LogP contribution is -2.19. The van der Waals surface area contributed by atoms with E-state index in [1.165, 1.54) is 11.1 Å². The second-order valence-corrected chi connectivity index (χ2v) is 5.44. The van der Waals surface area contributed by atoms with Crippen LogP contribution in [-0.4, -0.2) is 13.2 Å². The molecule has 0 aliphatic heterocycles. The predicted octanol–water partition coefficient (Wildman–Crippen LogP) is 4.70. The van der Waals surface area contributed by atoms with Gasteiger partial charge in [0.2, 0.25) is 0 Å². The third kappa shape index (κ3) is 3.67. The van der Waals surface area contributed by atoms with Gasteiger partial charge in [0.1, 0.15) is 5.75 Å². The maximum absolute atomic E-state index is 6.24. The second kappa shape index (κ2) is 6.67. The number of hydrogen-bond acceptors (Lipinski definition) is 2. The molecule has 2 aromatic carbocycles. The highest BCUT2D eigenvalue weighted by Gasteiger charge is 2.08. The Bertz CT molecular complexity index is 545. The first-order valence-corrected chi connectivity index (χ1v) is 7.12. The van der Waals surface area contributed by atoms with E-state index in [1.54, 1.807) is 7.11 Å². The van der Waals surface area contributed by atoms with Crippen LogP contribution in [0, 0.1) is 6.92 Å². The van der Waals surface area contributed by atoms with Crippen LogP contribution in [0.3, 0.4) is 0 Å². The van der Waals surface area contributed by atoms with E-state index in [-0.39, 0.29) is 0 Å². The molecular weight excluding hydrogens is 270 g/mol. The minimum absolute atomic E-state index is 0.307. The molecule has 0 saturated carbocycles. The quantitative estimate of drug-likeness (QED) is 0.861. The van der Waals surface area contributed by atoms with E-state index >= 15 is 0 Å². The fraction of sp³-hybridized carbons (Fsp3) is 0.294. The van der Waals surface area contributed by atoms with Crippen LogP contribution in [0.15, 0.2) is 42.5 Å². The van der Waals surface area contributed by atoms with E-state index in [0.717, 1.165) is 22.9 Å². The molecule has 0 aromatic heterocycles. The molecule has 1 N–H and O–H groups in total. The van der Waals surface area contributed by atoms with E-state index < -0.39 is 0 Å². The molecule has 0 amide bonds. The van der Waals surface area contributed by atoms with Gasteiger partial charge in [0.25, 0.3) is 0 Å². The molecule has 0 fully saturated rings. The molecule has 0 radical (unpaired) electrons. The molecule has 1 atom stereocenters. The minimum Gasteiger partial charge on any atom is -0.497 e. The molecule has 20 heavy (non-hydrogen) atoms. The van der Waals surface area contributed by atoms with Gasteiger partial charge in [-0.15, -0.1) is 0 Å². The van der Waals surface area contributed by atoms with Crippen LogP contribution in [0.1, 0.15) is 18.1 Å². The van der Waals surface area contributed by atoms with Crippen molar-refractivity contribution in [1.82, 2.24) is 0 Å². The SMILES string of the molecule is COc1ccc(CC(C)Nc2c(C)cccc2Cl)cc1. The van der Waals surface area contributed by atoms with Crippen LogP contribution in [0.4, 0.5) is 5.69 Å². The van der Waals surface area contributed by atoms with E-state index in [2.05, 4.69) is 37.4 Å². The molecule has 2 aromatic rings. The summed E-state index contributed by atoms with van der Waals surface area (Å²) in [5.74, 6) is 0.885. The van der Waals surface area contributed by atoms with Gasteiger partial charge in [-0.25, -0.2) is 0 Å². The normalized spacial score (nSPS) is 12.0. The third-order valence-electron chi connectivity index (χ3n) is 3.31. The van der Waals surface area contributed by atoms with Crippen molar-refractivity contribution in [1.29, 1.82) is 0 Å². The van der Waals surface area contributed by atoms with Gasteiger partial charge in [-0.1, -0.05) is 35.9 Å². The van der Waals surface area contributed by atoms with Gasteiger partial charge in [-0.2, -0.15) is 0 Å². The Morgan fingerprint density at radius 2 is 1.85 bits per heavy atom. The molecule has 0 heterocycles. The smallest absolute Gasteiger partial charge is 0.118 e. The predicted molar refractivity (Wildman–Crippen MR) is 86.0 cm³/mol. The Morgan fingerprint density at radius 1 is 1.15 bits per heavy atom. The van der Waals surface area contributed by atoms with E-state index in [9.17, 15) is 0 Å². The van der Waals surface area contributed by atoms with Gasteiger partial charge in [-0.05, 0) is 49.6 Å². The first-order chi connectivity index (χ1) is 9.60. The van der Waals surface area contributed by atoms with Gasteiger partial charge in [0.15, 0.2) is 0 Å². The number of benzene rings is 2. The fourth-order valence-electron chi connectivity index (χ4n) is 2.23. The highest BCUT2D eigenvalue weighted by molar-refractivity contribution is 6.33. The van der Waals surface area contributed by atoms with Crippen molar-refractivity contribution in [2.75, 3.05) is 12.4 Å². The summed E-state index contributed by atoms with van der Waals surface area (Å²) in [5.41, 5.74) is 3.46. The number of aryl methyl sites for hydroxylation is 1. The van der Waals surface area contributed by atoms with Crippen molar-refractivity contribution in [2.24, 2.45) is 0 Å². The van der Waals surface area contributed by atoms with Crippen LogP contribution in [0.25, 0.3) is 0 Å². The summed E-state index contributed by atoms with van der Waals surface area (Å²) in [6, 6.07) is 14.4. The molecule has 106 valence electrons. The minimum atomic E-state index is 0.307. The summed E-state index contributed by atoms with van der Waals surface area (Å²) in [6.07, 6.45) is 0.939. The number of rotatable bonds is 5. The molecule has 1 unspecified atom stereocenters. The summed E-state index contributed by atoms with van der Waals surface area (Å²) in [7, 11) is 1.68. The molecule has 0 aliphatic carbocycles. The van der Waals surface area contributed by atoms with Crippen LogP contribution in [-0.2, 0) is 6.42 Å². The van der Waals surface area contributed by atoms with E-state index in [0.29, 0.717) is 6.04 Å². The third-order valence-corrected chi connectivity index (χ3v) is 3.63. The van der Waals surface area contributed by atoms with Gasteiger partial charge in [-0.3, -0.25) is 0 Å². The highest BCUT2D eigenvalue weighted by atomic mass is 35.5. The topological polar surface area (TPSA) is 21.3 Å². The average Bonchev–Trinajstić information content (AvgIpc) is 2.44. The lowest BCUT2D eigenvalue weighted by molar-refractivity contribution is 0.414. The number of ether oxygens (including phenoxy) is 1. The van der Waals surface area contributed by atoms with Gasteiger partial charge < -0.3 is 10.1 Å². The van der Waals surface area contributed by atoms with E-state index in [4.69, 9.17) is 16.3 Å². The molecule has 2 nitrogen and oxygen atoms in total. The fourth-order valence-corrected chi connectivity index (χ4v) is 2.50. The highest BCUT2D eigenvalue weighted by Crippen LogP contribution is 2.26. The van der Waals surface area contributed by atoms with Crippen LogP contribution in [0.5, 0.6) is 5.75 Å². The standard InChI is InChI=1S/C17H20ClNO/c1-12-5-4-6-16(18)17(12)19-13(2)11-14-7-9-15(20-3)10-8-14/h4-10,13,19H,11H2,1-3H3. The summed E-state index contributed by atoms with van der Waals surface area (Å²) in [4.78, 5) is 0. The monoisotopic (exact) mass is 289 g/mol. The summed E-state index contributed by atoms with van der Waals surface area (Å²) in [6.45, 7) is 4.22. The molecule has 0 bridgehead atoms. The summed E-state index contributed by atoms with van der Waals surface area (Å²) in [5, 5.41) is 4.26. The van der Waals surface area contributed by atoms with Crippen molar-refractivity contribution in [2.45, 2.75) is 26.3 Å². The summed E-state index contributed by atoms with van der Waals surface area (Å²) >= 11 is 6.24. The average molecular weight is 290 g/mol. The number of methoxy groups -OCH3 is 1. The number of anilines is 1. The van der Waals surface area contributed by atoms with E-state index in [1.807, 2.05) is 24.3 Å². The van der Waals surface area contributed by atoms with Gasteiger partial charge in [0.05, 0.1) is 17.8 Å². The Balaban J connectivity index is 2.03. The molecule has 3 heteroatoms. The van der Waals surface area contributed by atoms with Crippen molar-refractivity contribution in [3.63, 3.8) is 0 Å². The number of nitrogens with one attached hydrogen (secondary N) is 1. The Labute approximate surface area is 125 Å².